The van der Waals surface area contributed by atoms with E-state index in [1.807, 2.05) is 0 Å². The van der Waals surface area contributed by atoms with E-state index in [0.717, 1.165) is 5.92 Å². The second kappa shape index (κ2) is 3.14. The number of hydrogen-bond donors (Lipinski definition) is 1. The summed E-state index contributed by atoms with van der Waals surface area (Å²) >= 11 is 4.41. The molecule has 0 N–H and O–H groups in total. The van der Waals surface area contributed by atoms with Crippen molar-refractivity contribution in [3.8, 4) is 0 Å². The molecule has 0 heterocycles. The molecule has 0 radical (unpaired) electrons. The van der Waals surface area contributed by atoms with E-state index in [4.69, 9.17) is 0 Å². The first kappa shape index (κ1) is 8.18. The first-order chi connectivity index (χ1) is 5.75. The van der Waals surface area contributed by atoms with E-state index in [1.54, 1.807) is 0 Å². The molecule has 0 unspecified atom stereocenters. The third kappa shape index (κ3) is 1.51. The minimum absolute atomic E-state index is 0.649. The van der Waals surface area contributed by atoms with Crippen LogP contribution in [0.4, 0.5) is 0 Å². The lowest BCUT2D eigenvalue weighted by Crippen LogP contribution is -2.21. The van der Waals surface area contributed by atoms with Crippen LogP contribution in [-0.4, -0.2) is 5.25 Å². The molecule has 1 aromatic carbocycles. The van der Waals surface area contributed by atoms with Crippen molar-refractivity contribution < 1.29 is 0 Å². The first-order valence-electron chi connectivity index (χ1n) is 4.50. The average molecular weight is 178 g/mol. The van der Waals surface area contributed by atoms with Gasteiger partial charge in [-0.3, -0.25) is 0 Å². The van der Waals surface area contributed by atoms with Crippen LogP contribution in [-0.2, 0) is 0 Å². The third-order valence-electron chi connectivity index (χ3n) is 2.66. The molecule has 2 rings (SSSR count). The first-order valence-corrected chi connectivity index (χ1v) is 5.02. The zero-order valence-corrected chi connectivity index (χ0v) is 8.22. The summed E-state index contributed by atoms with van der Waals surface area (Å²) in [4.78, 5) is 0. The van der Waals surface area contributed by atoms with Crippen molar-refractivity contribution >= 4 is 12.6 Å². The maximum atomic E-state index is 4.41. The minimum atomic E-state index is 0.649. The topological polar surface area (TPSA) is 0 Å². The molecule has 1 aliphatic rings. The smallest absolute Gasteiger partial charge is 0.00284 e. The number of aryl methyl sites for hydroxylation is 1. The van der Waals surface area contributed by atoms with Gasteiger partial charge >= 0.3 is 0 Å². The summed E-state index contributed by atoms with van der Waals surface area (Å²) in [5.41, 5.74) is 2.84. The standard InChI is InChI=1S/C11H14S/c1-8-2-4-9(5-3-8)10-6-11(12)7-10/h2-5,10-12H,6-7H2,1H3. The quantitative estimate of drug-likeness (QED) is 0.627. The summed E-state index contributed by atoms with van der Waals surface area (Å²) in [5, 5.41) is 0.649. The van der Waals surface area contributed by atoms with Crippen LogP contribution < -0.4 is 0 Å². The average Bonchev–Trinajstić information content (AvgIpc) is 2.01. The van der Waals surface area contributed by atoms with Gasteiger partial charge < -0.3 is 0 Å². The highest BCUT2D eigenvalue weighted by Gasteiger charge is 2.26. The molecule has 0 spiro atoms. The Bertz CT molecular complexity index is 257. The van der Waals surface area contributed by atoms with E-state index in [9.17, 15) is 0 Å². The molecule has 0 bridgehead atoms. The van der Waals surface area contributed by atoms with Gasteiger partial charge in [0, 0.05) is 5.25 Å². The molecule has 12 heavy (non-hydrogen) atoms. The number of hydrogen-bond acceptors (Lipinski definition) is 1. The van der Waals surface area contributed by atoms with Gasteiger partial charge in [0.1, 0.15) is 0 Å². The number of thiol groups is 1. The van der Waals surface area contributed by atoms with Crippen molar-refractivity contribution in [2.24, 2.45) is 0 Å². The van der Waals surface area contributed by atoms with Crippen molar-refractivity contribution in [1.82, 2.24) is 0 Å². The molecule has 0 aliphatic heterocycles. The third-order valence-corrected chi connectivity index (χ3v) is 3.08. The fourth-order valence-corrected chi connectivity index (χ4v) is 2.21. The van der Waals surface area contributed by atoms with Crippen LogP contribution in [0.3, 0.4) is 0 Å². The number of benzene rings is 1. The predicted octanol–water partition coefficient (Wildman–Crippen LogP) is 3.17. The molecular weight excluding hydrogens is 164 g/mol. The SMILES string of the molecule is Cc1ccc(C2CC(S)C2)cc1. The van der Waals surface area contributed by atoms with Gasteiger partial charge in [-0.25, -0.2) is 0 Å². The lowest BCUT2D eigenvalue weighted by molar-refractivity contribution is 0.437. The molecule has 0 saturated heterocycles. The van der Waals surface area contributed by atoms with Gasteiger partial charge in [0.25, 0.3) is 0 Å². The summed E-state index contributed by atoms with van der Waals surface area (Å²) in [6, 6.07) is 8.89. The largest absolute Gasteiger partial charge is 0.176 e. The molecule has 0 amide bonds. The summed E-state index contributed by atoms with van der Waals surface area (Å²) in [5.74, 6) is 0.785. The molecule has 64 valence electrons. The van der Waals surface area contributed by atoms with E-state index < -0.39 is 0 Å². The maximum absolute atomic E-state index is 4.41. The molecule has 1 saturated carbocycles. The normalized spacial score (nSPS) is 28.2. The van der Waals surface area contributed by atoms with Crippen molar-refractivity contribution in [3.63, 3.8) is 0 Å². The van der Waals surface area contributed by atoms with Crippen molar-refractivity contribution in [3.05, 3.63) is 35.4 Å². The lowest BCUT2D eigenvalue weighted by atomic mass is 9.79. The lowest BCUT2D eigenvalue weighted by Gasteiger charge is -2.32. The molecule has 1 aliphatic carbocycles. The Kier molecular flexibility index (Phi) is 2.14. The van der Waals surface area contributed by atoms with E-state index >= 15 is 0 Å². The number of rotatable bonds is 1. The van der Waals surface area contributed by atoms with Gasteiger partial charge in [-0.05, 0) is 31.2 Å². The monoisotopic (exact) mass is 178 g/mol. The second-order valence-electron chi connectivity index (χ2n) is 3.73. The summed E-state index contributed by atoms with van der Waals surface area (Å²) in [6.45, 7) is 2.13. The Morgan fingerprint density at radius 3 is 2.25 bits per heavy atom. The highest BCUT2D eigenvalue weighted by molar-refractivity contribution is 7.81. The van der Waals surface area contributed by atoms with E-state index in [1.165, 1.54) is 24.0 Å². The van der Waals surface area contributed by atoms with Crippen molar-refractivity contribution in [2.75, 3.05) is 0 Å². The predicted molar refractivity (Wildman–Crippen MR) is 55.9 cm³/mol. The molecule has 0 atom stereocenters. The second-order valence-corrected chi connectivity index (χ2v) is 4.46. The Labute approximate surface area is 79.4 Å². The van der Waals surface area contributed by atoms with Crippen LogP contribution in [0.15, 0.2) is 24.3 Å². The van der Waals surface area contributed by atoms with Crippen LogP contribution >= 0.6 is 12.6 Å². The van der Waals surface area contributed by atoms with Gasteiger partial charge in [-0.2, -0.15) is 12.6 Å². The van der Waals surface area contributed by atoms with Gasteiger partial charge in [-0.15, -0.1) is 0 Å². The van der Waals surface area contributed by atoms with Gasteiger partial charge in [-0.1, -0.05) is 29.8 Å². The molecule has 1 aromatic rings. The minimum Gasteiger partial charge on any atom is -0.176 e. The van der Waals surface area contributed by atoms with E-state index in [2.05, 4.69) is 43.8 Å². The van der Waals surface area contributed by atoms with Gasteiger partial charge in [0.05, 0.1) is 0 Å². The van der Waals surface area contributed by atoms with Crippen LogP contribution in [0.25, 0.3) is 0 Å². The maximum Gasteiger partial charge on any atom is 0.00284 e. The highest BCUT2D eigenvalue weighted by atomic mass is 32.1. The summed E-state index contributed by atoms with van der Waals surface area (Å²) < 4.78 is 0. The molecule has 0 nitrogen and oxygen atoms in total. The van der Waals surface area contributed by atoms with Crippen LogP contribution in [0.1, 0.15) is 29.9 Å². The fourth-order valence-electron chi connectivity index (χ4n) is 1.70. The summed E-state index contributed by atoms with van der Waals surface area (Å²) in [6.07, 6.45) is 2.51. The zero-order chi connectivity index (χ0) is 8.55. The summed E-state index contributed by atoms with van der Waals surface area (Å²) in [7, 11) is 0. The van der Waals surface area contributed by atoms with Crippen LogP contribution in [0.2, 0.25) is 0 Å². The Hall–Kier alpha value is -0.430. The van der Waals surface area contributed by atoms with Gasteiger partial charge in [0.2, 0.25) is 0 Å². The zero-order valence-electron chi connectivity index (χ0n) is 7.33. The van der Waals surface area contributed by atoms with Crippen molar-refractivity contribution in [1.29, 1.82) is 0 Å². The Morgan fingerprint density at radius 1 is 1.17 bits per heavy atom. The van der Waals surface area contributed by atoms with Crippen LogP contribution in [0, 0.1) is 6.92 Å². The molecule has 1 heteroatoms. The molecular formula is C11H14S. The van der Waals surface area contributed by atoms with E-state index in [0.29, 0.717) is 5.25 Å². The molecule has 1 fully saturated rings. The fraction of sp³-hybridized carbons (Fsp3) is 0.455. The Morgan fingerprint density at radius 2 is 1.75 bits per heavy atom. The highest BCUT2D eigenvalue weighted by Crippen LogP contribution is 2.39. The van der Waals surface area contributed by atoms with Gasteiger partial charge in [0.15, 0.2) is 0 Å². The Balaban J connectivity index is 2.09. The van der Waals surface area contributed by atoms with E-state index in [-0.39, 0.29) is 0 Å². The van der Waals surface area contributed by atoms with Crippen LogP contribution in [0.5, 0.6) is 0 Å². The van der Waals surface area contributed by atoms with Crippen molar-refractivity contribution in [2.45, 2.75) is 30.9 Å². The molecule has 0 aromatic heterocycles.